The molecule has 0 radical (unpaired) electrons. The fourth-order valence-electron chi connectivity index (χ4n) is 2.07. The molecule has 0 aliphatic heterocycles. The van der Waals surface area contributed by atoms with Crippen LogP contribution in [-0.4, -0.2) is 24.4 Å². The summed E-state index contributed by atoms with van der Waals surface area (Å²) in [5.74, 6) is -0.545. The maximum absolute atomic E-state index is 12.3. The minimum absolute atomic E-state index is 0.0998. The van der Waals surface area contributed by atoms with Crippen LogP contribution in [0.1, 0.15) is 36.2 Å². The molecule has 1 aromatic carbocycles. The van der Waals surface area contributed by atoms with Gasteiger partial charge in [0, 0.05) is 10.5 Å². The lowest BCUT2D eigenvalue weighted by Crippen LogP contribution is -2.47. The molecular formula is C16H20N6O2. The molecule has 1 atom stereocenters. The van der Waals surface area contributed by atoms with E-state index >= 15 is 0 Å². The molecule has 0 fully saturated rings. The predicted octanol–water partition coefficient (Wildman–Crippen LogP) is 2.28. The molecule has 126 valence electrons. The van der Waals surface area contributed by atoms with Gasteiger partial charge < -0.3 is 10.6 Å². The van der Waals surface area contributed by atoms with Gasteiger partial charge in [0.25, 0.3) is 5.91 Å². The van der Waals surface area contributed by atoms with Crippen molar-refractivity contribution in [1.29, 1.82) is 5.26 Å². The van der Waals surface area contributed by atoms with Crippen LogP contribution in [0.15, 0.2) is 29.4 Å². The van der Waals surface area contributed by atoms with Crippen LogP contribution in [0.25, 0.3) is 10.4 Å². The van der Waals surface area contributed by atoms with Gasteiger partial charge in [0.05, 0.1) is 12.6 Å². The van der Waals surface area contributed by atoms with E-state index in [1.54, 1.807) is 24.3 Å². The van der Waals surface area contributed by atoms with E-state index in [2.05, 4.69) is 20.7 Å². The molecule has 0 saturated carbocycles. The van der Waals surface area contributed by atoms with E-state index in [9.17, 15) is 9.59 Å². The highest BCUT2D eigenvalue weighted by Crippen LogP contribution is 2.09. The van der Waals surface area contributed by atoms with Crippen LogP contribution in [0.5, 0.6) is 0 Å². The third kappa shape index (κ3) is 6.38. The average molecular weight is 328 g/mol. The molecule has 0 unspecified atom stereocenters. The van der Waals surface area contributed by atoms with Crippen LogP contribution < -0.4 is 10.6 Å². The topological polar surface area (TPSA) is 131 Å². The summed E-state index contributed by atoms with van der Waals surface area (Å²) in [6.07, 6.45) is 0.470. The zero-order valence-corrected chi connectivity index (χ0v) is 13.7. The summed E-state index contributed by atoms with van der Waals surface area (Å²) in [6.45, 7) is 4.00. The Kier molecular flexibility index (Phi) is 7.82. The van der Waals surface area contributed by atoms with Crippen LogP contribution in [0.3, 0.4) is 0 Å². The molecule has 0 saturated heterocycles. The van der Waals surface area contributed by atoms with Crippen LogP contribution in [0, 0.1) is 17.2 Å². The first kappa shape index (κ1) is 19.0. The quantitative estimate of drug-likeness (QED) is 0.328. The minimum atomic E-state index is -0.700. The maximum Gasteiger partial charge on any atom is 0.251 e. The number of carbonyl (C=O) groups excluding carboxylic acids is 2. The predicted molar refractivity (Wildman–Crippen MR) is 88.6 cm³/mol. The molecule has 0 bridgehead atoms. The molecule has 0 aliphatic rings. The largest absolute Gasteiger partial charge is 0.341 e. The van der Waals surface area contributed by atoms with Crippen LogP contribution >= 0.6 is 0 Å². The maximum atomic E-state index is 12.3. The van der Waals surface area contributed by atoms with Gasteiger partial charge in [-0.3, -0.25) is 9.59 Å². The second-order valence-electron chi connectivity index (χ2n) is 5.62. The third-order valence-corrected chi connectivity index (χ3v) is 3.20. The zero-order valence-electron chi connectivity index (χ0n) is 13.7. The summed E-state index contributed by atoms with van der Waals surface area (Å²) < 4.78 is 0. The lowest BCUT2D eigenvalue weighted by molar-refractivity contribution is -0.123. The first-order chi connectivity index (χ1) is 11.5. The van der Waals surface area contributed by atoms with E-state index in [4.69, 9.17) is 10.8 Å². The summed E-state index contributed by atoms with van der Waals surface area (Å²) >= 11 is 0. The number of hydrogen-bond donors (Lipinski definition) is 2. The first-order valence-electron chi connectivity index (χ1n) is 7.53. The molecule has 1 aromatic rings. The summed E-state index contributed by atoms with van der Waals surface area (Å²) in [6, 6.07) is 7.73. The van der Waals surface area contributed by atoms with E-state index in [-0.39, 0.29) is 30.8 Å². The number of carbonyl (C=O) groups is 2. The Labute approximate surface area is 140 Å². The van der Waals surface area contributed by atoms with Gasteiger partial charge in [-0.15, -0.1) is 0 Å². The molecule has 0 spiro atoms. The molecule has 1 rings (SSSR count). The molecule has 0 aliphatic carbocycles. The van der Waals surface area contributed by atoms with Gasteiger partial charge >= 0.3 is 0 Å². The van der Waals surface area contributed by atoms with Gasteiger partial charge in [0.1, 0.15) is 12.6 Å². The number of azide groups is 1. The van der Waals surface area contributed by atoms with Gasteiger partial charge in [-0.2, -0.15) is 5.26 Å². The van der Waals surface area contributed by atoms with Crippen molar-refractivity contribution in [2.45, 2.75) is 32.9 Å². The standard InChI is InChI=1S/C16H20N6O2/c1-11(2)9-14(16(24)19-8-7-17)21-15(23)13-5-3-12(4-6-13)10-20-22-18/h3-6,11,14H,8-10H2,1-2H3,(H,19,24)(H,21,23)/t14-/m0/s1. The van der Waals surface area contributed by atoms with Crippen molar-refractivity contribution < 1.29 is 9.59 Å². The van der Waals surface area contributed by atoms with Gasteiger partial charge in [0.15, 0.2) is 0 Å². The number of benzene rings is 1. The van der Waals surface area contributed by atoms with Gasteiger partial charge in [-0.25, -0.2) is 0 Å². The number of amides is 2. The lowest BCUT2D eigenvalue weighted by atomic mass is 10.0. The van der Waals surface area contributed by atoms with Crippen LogP contribution in [0.2, 0.25) is 0 Å². The van der Waals surface area contributed by atoms with Crippen molar-refractivity contribution in [3.63, 3.8) is 0 Å². The number of rotatable bonds is 8. The molecule has 2 N–H and O–H groups in total. The number of nitriles is 1. The van der Waals surface area contributed by atoms with Crippen LogP contribution in [-0.2, 0) is 11.3 Å². The SMILES string of the molecule is CC(C)C[C@H](NC(=O)c1ccc(CN=[N+]=[N-])cc1)C(=O)NCC#N. The van der Waals surface area contributed by atoms with Crippen molar-refractivity contribution in [1.82, 2.24) is 10.6 Å². The van der Waals surface area contributed by atoms with E-state index < -0.39 is 6.04 Å². The Balaban J connectivity index is 2.77. The Hall–Kier alpha value is -3.04. The van der Waals surface area contributed by atoms with E-state index in [1.807, 2.05) is 19.9 Å². The highest BCUT2D eigenvalue weighted by molar-refractivity contribution is 5.97. The molecular weight excluding hydrogens is 308 g/mol. The Morgan fingerprint density at radius 3 is 2.54 bits per heavy atom. The van der Waals surface area contributed by atoms with E-state index in [0.29, 0.717) is 12.0 Å². The van der Waals surface area contributed by atoms with Crippen molar-refractivity contribution in [2.24, 2.45) is 11.0 Å². The second-order valence-corrected chi connectivity index (χ2v) is 5.62. The average Bonchev–Trinajstić information content (AvgIpc) is 2.57. The Bertz CT molecular complexity index is 656. The Morgan fingerprint density at radius 2 is 2.00 bits per heavy atom. The van der Waals surface area contributed by atoms with Crippen molar-refractivity contribution in [3.05, 3.63) is 45.8 Å². The molecule has 0 aromatic heterocycles. The van der Waals surface area contributed by atoms with Crippen LogP contribution in [0.4, 0.5) is 0 Å². The summed E-state index contributed by atoms with van der Waals surface area (Å²) in [5, 5.41) is 17.2. The molecule has 2 amide bonds. The molecule has 8 nitrogen and oxygen atoms in total. The molecule has 0 heterocycles. The second kappa shape index (κ2) is 9.87. The summed E-state index contributed by atoms with van der Waals surface area (Å²) in [4.78, 5) is 27.0. The molecule has 8 heteroatoms. The smallest absolute Gasteiger partial charge is 0.251 e. The van der Waals surface area contributed by atoms with E-state index in [1.165, 1.54) is 0 Å². The van der Waals surface area contributed by atoms with E-state index in [0.717, 1.165) is 5.56 Å². The summed E-state index contributed by atoms with van der Waals surface area (Å²) in [5.41, 5.74) is 9.48. The zero-order chi connectivity index (χ0) is 17.9. The third-order valence-electron chi connectivity index (χ3n) is 3.20. The van der Waals surface area contributed by atoms with Crippen molar-refractivity contribution in [3.8, 4) is 6.07 Å². The monoisotopic (exact) mass is 328 g/mol. The Morgan fingerprint density at radius 1 is 1.33 bits per heavy atom. The number of hydrogen-bond acceptors (Lipinski definition) is 4. The highest BCUT2D eigenvalue weighted by Gasteiger charge is 2.22. The van der Waals surface area contributed by atoms with Gasteiger partial charge in [-0.05, 0) is 35.6 Å². The van der Waals surface area contributed by atoms with Gasteiger partial charge in [-0.1, -0.05) is 31.1 Å². The van der Waals surface area contributed by atoms with Crippen molar-refractivity contribution in [2.75, 3.05) is 6.54 Å². The fourth-order valence-corrected chi connectivity index (χ4v) is 2.07. The number of nitrogens with one attached hydrogen (secondary N) is 2. The van der Waals surface area contributed by atoms with Crippen molar-refractivity contribution >= 4 is 11.8 Å². The highest BCUT2D eigenvalue weighted by atomic mass is 16.2. The summed E-state index contributed by atoms with van der Waals surface area (Å²) in [7, 11) is 0. The minimum Gasteiger partial charge on any atom is -0.341 e. The lowest BCUT2D eigenvalue weighted by Gasteiger charge is -2.19. The molecule has 24 heavy (non-hydrogen) atoms. The normalized spacial score (nSPS) is 11.1. The van der Waals surface area contributed by atoms with Gasteiger partial charge in [0.2, 0.25) is 5.91 Å². The fraction of sp³-hybridized carbons (Fsp3) is 0.438. The first-order valence-corrected chi connectivity index (χ1v) is 7.53. The number of nitrogens with zero attached hydrogens (tertiary/aromatic N) is 4.